The molecule has 4 N–H and O–H groups in total. The normalized spacial score (nSPS) is 8.62. The fourth-order valence-electron chi connectivity index (χ4n) is 1.61. The van der Waals surface area contributed by atoms with Crippen LogP contribution in [0.2, 0.25) is 0 Å². The van der Waals surface area contributed by atoms with E-state index in [2.05, 4.69) is 13.8 Å². The van der Waals surface area contributed by atoms with Crippen LogP contribution in [0, 0.1) is 0 Å². The van der Waals surface area contributed by atoms with Crippen molar-refractivity contribution in [3.05, 3.63) is 96.1 Å². The summed E-state index contributed by atoms with van der Waals surface area (Å²) in [6.07, 6.45) is 1.25. The first kappa shape index (κ1) is 25.2. The Morgan fingerprint density at radius 1 is 0.586 bits per heavy atom. The van der Waals surface area contributed by atoms with Gasteiger partial charge in [0, 0.05) is 0 Å². The predicted octanol–water partition coefficient (Wildman–Crippen LogP) is 5.28. The lowest BCUT2D eigenvalue weighted by molar-refractivity contribution is 0.0681. The minimum atomic E-state index is -1.06. The number of hydrogen-bond donors (Lipinski definition) is 4. The van der Waals surface area contributed by atoms with Gasteiger partial charge in [0.05, 0.1) is 11.1 Å². The fraction of sp³-hybridized carbons (Fsp3) is 0.130. The molecule has 0 aliphatic carbocycles. The number of carboxylic acids is 2. The Morgan fingerprint density at radius 2 is 0.828 bits per heavy atom. The summed E-state index contributed by atoms with van der Waals surface area (Å²) in [5.41, 5.74) is 0.167. The second-order valence-corrected chi connectivity index (χ2v) is 5.57. The van der Waals surface area contributed by atoms with Gasteiger partial charge in [-0.3, -0.25) is 0 Å². The molecule has 0 aromatic heterocycles. The molecule has 154 valence electrons. The summed E-state index contributed by atoms with van der Waals surface area (Å²) < 4.78 is 0. The highest BCUT2D eigenvalue weighted by Gasteiger charge is 2.04. The number of carbonyl (C=O) groups is 2. The lowest BCUT2D eigenvalue weighted by atomic mass is 10.1. The van der Waals surface area contributed by atoms with Crippen LogP contribution in [-0.2, 0) is 0 Å². The van der Waals surface area contributed by atoms with Gasteiger partial charge in [-0.25, -0.2) is 9.59 Å². The topological polar surface area (TPSA) is 115 Å². The lowest BCUT2D eigenvalue weighted by Gasteiger charge is -1.94. The largest absolute Gasteiger partial charge is 0.508 e. The van der Waals surface area contributed by atoms with E-state index in [9.17, 15) is 9.59 Å². The van der Waals surface area contributed by atoms with Crippen LogP contribution in [0.3, 0.4) is 0 Å². The molecular weight excluding hydrogens is 372 g/mol. The average molecular weight is 398 g/mol. The number of aromatic hydroxyl groups is 2. The molecule has 0 fully saturated rings. The third kappa shape index (κ3) is 13.1. The van der Waals surface area contributed by atoms with E-state index in [1.165, 1.54) is 30.7 Å². The van der Waals surface area contributed by atoms with Gasteiger partial charge in [-0.2, -0.15) is 0 Å². The summed E-state index contributed by atoms with van der Waals surface area (Å²) in [6, 6.07) is 22.4. The second kappa shape index (κ2) is 15.3. The molecule has 29 heavy (non-hydrogen) atoms. The van der Waals surface area contributed by atoms with Crippen LogP contribution in [-0.4, -0.2) is 32.4 Å². The first-order chi connectivity index (χ1) is 13.8. The molecule has 0 saturated carbocycles. The number of carboxylic acid groups (broad SMARTS) is 2. The minimum absolute atomic E-state index is 0.0833. The first-order valence-electron chi connectivity index (χ1n) is 8.86. The van der Waals surface area contributed by atoms with Gasteiger partial charge in [-0.05, 0) is 48.5 Å². The van der Waals surface area contributed by atoms with Gasteiger partial charge in [0.2, 0.25) is 0 Å². The molecule has 0 amide bonds. The zero-order chi connectivity index (χ0) is 22.1. The van der Waals surface area contributed by atoms with Crippen molar-refractivity contribution in [1.82, 2.24) is 0 Å². The number of rotatable bonds is 2. The summed E-state index contributed by atoms with van der Waals surface area (Å²) in [7, 11) is 0. The van der Waals surface area contributed by atoms with E-state index in [0.29, 0.717) is 11.5 Å². The van der Waals surface area contributed by atoms with Gasteiger partial charge in [-0.15, -0.1) is 0 Å². The highest BCUT2D eigenvalue weighted by Crippen LogP contribution is 2.04. The Morgan fingerprint density at radius 3 is 0.966 bits per heavy atom. The van der Waals surface area contributed by atoms with Crippen LogP contribution in [0.5, 0.6) is 11.5 Å². The maximum atomic E-state index is 10.3. The summed E-state index contributed by atoms with van der Waals surface area (Å²) >= 11 is 0. The summed E-state index contributed by atoms with van der Waals surface area (Å²) in [6.45, 7) is 4.25. The van der Waals surface area contributed by atoms with Crippen LogP contribution >= 0.6 is 0 Å². The van der Waals surface area contributed by atoms with E-state index >= 15 is 0 Å². The average Bonchev–Trinajstić information content (AvgIpc) is 2.71. The highest BCUT2D eigenvalue weighted by molar-refractivity contribution is 5.91. The van der Waals surface area contributed by atoms with E-state index in [4.69, 9.17) is 20.4 Å². The van der Waals surface area contributed by atoms with Crippen LogP contribution in [0.4, 0.5) is 0 Å². The van der Waals surface area contributed by atoms with E-state index in [1.54, 1.807) is 48.5 Å². The Hall–Kier alpha value is -3.80. The van der Waals surface area contributed by atoms with Crippen molar-refractivity contribution >= 4 is 11.9 Å². The Balaban J connectivity index is 0.000000397. The van der Waals surface area contributed by atoms with Crippen molar-refractivity contribution in [2.24, 2.45) is 0 Å². The second-order valence-electron chi connectivity index (χ2n) is 5.57. The molecule has 3 aromatic rings. The standard InChI is InChI=1S/C8H6O4.2C6H6O.C3H8/c9-7(10)5-1-2-6(4-3-5)8(11)12;2*7-6-4-2-1-3-5-6;1-3-2/h1-4H,(H,9,10)(H,11,12);2*1-5,7H;3H2,1-2H3. The van der Waals surface area contributed by atoms with Gasteiger partial charge in [0.25, 0.3) is 0 Å². The van der Waals surface area contributed by atoms with Crippen LogP contribution in [0.25, 0.3) is 0 Å². The molecule has 0 aliphatic heterocycles. The van der Waals surface area contributed by atoms with E-state index in [-0.39, 0.29) is 11.1 Å². The first-order valence-corrected chi connectivity index (χ1v) is 8.86. The molecule has 3 aromatic carbocycles. The SMILES string of the molecule is CCC.O=C(O)c1ccc(C(=O)O)cc1.Oc1ccccc1.Oc1ccccc1. The maximum Gasteiger partial charge on any atom is 0.335 e. The molecule has 0 spiro atoms. The smallest absolute Gasteiger partial charge is 0.335 e. The Kier molecular flexibility index (Phi) is 13.3. The van der Waals surface area contributed by atoms with Crippen LogP contribution < -0.4 is 0 Å². The summed E-state index contributed by atoms with van der Waals surface area (Å²) in [5.74, 6) is -1.48. The maximum absolute atomic E-state index is 10.3. The van der Waals surface area contributed by atoms with Crippen molar-refractivity contribution in [3.63, 3.8) is 0 Å². The number of para-hydroxylation sites is 2. The predicted molar refractivity (Wildman–Crippen MR) is 113 cm³/mol. The van der Waals surface area contributed by atoms with Crippen molar-refractivity contribution in [2.45, 2.75) is 20.3 Å². The zero-order valence-corrected chi connectivity index (χ0v) is 16.4. The van der Waals surface area contributed by atoms with E-state index in [0.717, 1.165) is 0 Å². The lowest BCUT2D eigenvalue weighted by Crippen LogP contribution is -1.99. The molecule has 0 bridgehead atoms. The molecule has 0 saturated heterocycles. The quantitative estimate of drug-likeness (QED) is 0.467. The highest BCUT2D eigenvalue weighted by atomic mass is 16.4. The minimum Gasteiger partial charge on any atom is -0.508 e. The third-order valence-corrected chi connectivity index (χ3v) is 2.89. The fourth-order valence-corrected chi connectivity index (χ4v) is 1.61. The van der Waals surface area contributed by atoms with Gasteiger partial charge >= 0.3 is 11.9 Å². The van der Waals surface area contributed by atoms with Gasteiger partial charge < -0.3 is 20.4 Å². The molecule has 3 rings (SSSR count). The van der Waals surface area contributed by atoms with E-state index in [1.807, 2.05) is 12.1 Å². The van der Waals surface area contributed by atoms with E-state index < -0.39 is 11.9 Å². The number of aromatic carboxylic acids is 2. The number of hydrogen-bond acceptors (Lipinski definition) is 4. The monoisotopic (exact) mass is 398 g/mol. The van der Waals surface area contributed by atoms with Crippen LogP contribution in [0.15, 0.2) is 84.9 Å². The molecule has 6 nitrogen and oxygen atoms in total. The molecular formula is C23H26O6. The third-order valence-electron chi connectivity index (χ3n) is 2.89. The zero-order valence-electron chi connectivity index (χ0n) is 16.4. The molecule has 0 atom stereocenters. The summed E-state index contributed by atoms with van der Waals surface area (Å²) in [5, 5.41) is 34.2. The van der Waals surface area contributed by atoms with Gasteiger partial charge in [-0.1, -0.05) is 56.7 Å². The van der Waals surface area contributed by atoms with Gasteiger partial charge in [0.15, 0.2) is 0 Å². The molecule has 0 aliphatic rings. The summed E-state index contributed by atoms with van der Waals surface area (Å²) in [4.78, 5) is 20.7. The van der Waals surface area contributed by atoms with Crippen molar-refractivity contribution in [3.8, 4) is 11.5 Å². The van der Waals surface area contributed by atoms with Crippen molar-refractivity contribution in [1.29, 1.82) is 0 Å². The van der Waals surface area contributed by atoms with Crippen LogP contribution in [0.1, 0.15) is 41.0 Å². The molecule has 6 heteroatoms. The Labute approximate surface area is 170 Å². The van der Waals surface area contributed by atoms with Gasteiger partial charge in [0.1, 0.15) is 11.5 Å². The van der Waals surface area contributed by atoms with Crippen molar-refractivity contribution in [2.75, 3.05) is 0 Å². The number of benzene rings is 3. The number of phenols is 2. The Bertz CT molecular complexity index is 745. The molecule has 0 unspecified atom stereocenters. The van der Waals surface area contributed by atoms with Crippen molar-refractivity contribution < 1.29 is 30.0 Å². The molecule has 0 heterocycles. The number of phenolic OH excluding ortho intramolecular Hbond substituents is 2. The molecule has 0 radical (unpaired) electrons.